The first kappa shape index (κ1) is 16.2. The van der Waals surface area contributed by atoms with Gasteiger partial charge in [0.15, 0.2) is 0 Å². The van der Waals surface area contributed by atoms with E-state index in [-0.39, 0.29) is 11.2 Å². The summed E-state index contributed by atoms with van der Waals surface area (Å²) in [5.74, 6) is 1.88. The Kier molecular flexibility index (Phi) is 7.63. The van der Waals surface area contributed by atoms with Crippen molar-refractivity contribution in [1.29, 1.82) is 0 Å². The van der Waals surface area contributed by atoms with E-state index in [9.17, 15) is 8.42 Å². The molecule has 0 aliphatic heterocycles. The highest BCUT2D eigenvalue weighted by Gasteiger charge is 2.17. The van der Waals surface area contributed by atoms with E-state index in [4.69, 9.17) is 10.3 Å². The zero-order valence-corrected chi connectivity index (χ0v) is 11.7. The molecule has 0 spiro atoms. The van der Waals surface area contributed by atoms with E-state index < -0.39 is 10.1 Å². The molecule has 0 heterocycles. The second-order valence-corrected chi connectivity index (χ2v) is 7.43. The second kappa shape index (κ2) is 7.53. The first-order valence-electron chi connectivity index (χ1n) is 5.50. The van der Waals surface area contributed by atoms with Crippen LogP contribution in [-0.2, 0) is 10.1 Å². The van der Waals surface area contributed by atoms with Crippen LogP contribution in [0.5, 0.6) is 0 Å². The maximum Gasteiger partial charge on any atom is 0.264 e. The fraction of sp³-hybridized carbons (Fsp3) is 1.00. The Morgan fingerprint density at radius 1 is 1.31 bits per heavy atom. The first-order valence-corrected chi connectivity index (χ1v) is 8.26. The van der Waals surface area contributed by atoms with E-state index in [0.29, 0.717) is 13.0 Å². The molecule has 0 saturated carbocycles. The summed E-state index contributed by atoms with van der Waals surface area (Å²) in [5, 5.41) is 0. The van der Waals surface area contributed by atoms with E-state index in [0.717, 1.165) is 24.3 Å². The summed E-state index contributed by atoms with van der Waals surface area (Å²) in [6, 6.07) is 0. The number of nitrogens with two attached hydrogens (primary N) is 1. The molecule has 0 saturated heterocycles. The van der Waals surface area contributed by atoms with E-state index >= 15 is 0 Å². The highest BCUT2D eigenvalue weighted by molar-refractivity contribution is 7.99. The van der Waals surface area contributed by atoms with Gasteiger partial charge in [-0.3, -0.25) is 4.55 Å². The summed E-state index contributed by atoms with van der Waals surface area (Å²) in [7, 11) is -3.78. The predicted octanol–water partition coefficient (Wildman–Crippen LogP) is 1.76. The van der Waals surface area contributed by atoms with Gasteiger partial charge in [-0.2, -0.15) is 20.2 Å². The van der Waals surface area contributed by atoms with Crippen LogP contribution in [0.25, 0.3) is 0 Å². The van der Waals surface area contributed by atoms with Crippen molar-refractivity contribution in [3.8, 4) is 0 Å². The van der Waals surface area contributed by atoms with Crippen LogP contribution < -0.4 is 5.73 Å². The van der Waals surface area contributed by atoms with Crippen LogP contribution in [0.2, 0.25) is 0 Å². The summed E-state index contributed by atoms with van der Waals surface area (Å²) >= 11 is 1.83. The molecule has 0 aliphatic carbocycles. The maximum atomic E-state index is 10.5. The molecule has 0 aromatic carbocycles. The highest BCUT2D eigenvalue weighted by atomic mass is 32.2. The van der Waals surface area contributed by atoms with Gasteiger partial charge in [0, 0.05) is 12.3 Å². The fourth-order valence-electron chi connectivity index (χ4n) is 1.39. The van der Waals surface area contributed by atoms with Crippen molar-refractivity contribution in [2.45, 2.75) is 33.1 Å². The summed E-state index contributed by atoms with van der Waals surface area (Å²) in [4.78, 5) is 0. The van der Waals surface area contributed by atoms with Crippen molar-refractivity contribution in [1.82, 2.24) is 0 Å². The largest absolute Gasteiger partial charge is 0.330 e. The Morgan fingerprint density at radius 3 is 2.44 bits per heavy atom. The summed E-state index contributed by atoms with van der Waals surface area (Å²) < 4.78 is 29.6. The van der Waals surface area contributed by atoms with Crippen LogP contribution in [0.3, 0.4) is 0 Å². The molecule has 0 atom stereocenters. The number of thioether (sulfide) groups is 1. The van der Waals surface area contributed by atoms with E-state index in [1.165, 1.54) is 0 Å². The first-order chi connectivity index (χ1) is 7.27. The lowest BCUT2D eigenvalue weighted by molar-refractivity contribution is 0.371. The molecule has 0 unspecified atom stereocenters. The molecule has 0 aromatic rings. The van der Waals surface area contributed by atoms with Gasteiger partial charge in [0.1, 0.15) is 0 Å². The lowest BCUT2D eigenvalue weighted by Crippen LogP contribution is -2.16. The minimum absolute atomic E-state index is 0.126. The molecule has 16 heavy (non-hydrogen) atoms. The van der Waals surface area contributed by atoms with Gasteiger partial charge < -0.3 is 5.73 Å². The number of hydrogen-bond acceptors (Lipinski definition) is 4. The lowest BCUT2D eigenvalue weighted by Gasteiger charge is -2.23. The van der Waals surface area contributed by atoms with Gasteiger partial charge in [-0.25, -0.2) is 0 Å². The monoisotopic (exact) mass is 269 g/mol. The topological polar surface area (TPSA) is 80.4 Å². The van der Waals surface area contributed by atoms with Crippen LogP contribution >= 0.6 is 11.8 Å². The quantitative estimate of drug-likeness (QED) is 0.492. The average molecular weight is 269 g/mol. The molecule has 0 fully saturated rings. The van der Waals surface area contributed by atoms with E-state index in [1.807, 2.05) is 11.8 Å². The molecule has 4 nitrogen and oxygen atoms in total. The molecule has 0 bridgehead atoms. The van der Waals surface area contributed by atoms with Gasteiger partial charge in [0.25, 0.3) is 10.1 Å². The third kappa shape index (κ3) is 10.7. The standard InChI is InChI=1S/C10H23NO3S2/c1-10(2,9-15-7-6-11)5-3-4-8-16(12,13)14/h3-9,11H2,1-2H3,(H,12,13,14). The Bertz CT molecular complexity index is 276. The van der Waals surface area contributed by atoms with Crippen molar-refractivity contribution in [2.24, 2.45) is 11.1 Å². The second-order valence-electron chi connectivity index (χ2n) is 4.75. The predicted molar refractivity (Wildman–Crippen MR) is 70.4 cm³/mol. The summed E-state index contributed by atoms with van der Waals surface area (Å²) in [6.45, 7) is 5.04. The highest BCUT2D eigenvalue weighted by Crippen LogP contribution is 2.27. The van der Waals surface area contributed by atoms with Crippen LogP contribution in [-0.4, -0.2) is 36.8 Å². The van der Waals surface area contributed by atoms with Crippen LogP contribution in [0.4, 0.5) is 0 Å². The van der Waals surface area contributed by atoms with Crippen molar-refractivity contribution in [3.63, 3.8) is 0 Å². The molecule has 0 radical (unpaired) electrons. The van der Waals surface area contributed by atoms with Crippen molar-refractivity contribution < 1.29 is 13.0 Å². The summed E-state index contributed by atoms with van der Waals surface area (Å²) in [6.07, 6.45) is 2.33. The van der Waals surface area contributed by atoms with E-state index in [2.05, 4.69) is 13.8 Å². The Hall–Kier alpha value is 0.220. The smallest absolute Gasteiger partial charge is 0.264 e. The van der Waals surface area contributed by atoms with Gasteiger partial charge in [0.2, 0.25) is 0 Å². The summed E-state index contributed by atoms with van der Waals surface area (Å²) in [5.41, 5.74) is 5.62. The molecular formula is C10H23NO3S2. The maximum absolute atomic E-state index is 10.5. The zero-order chi connectivity index (χ0) is 12.7. The third-order valence-corrected chi connectivity index (χ3v) is 4.58. The SMILES string of the molecule is CC(C)(CCCCS(=O)(=O)O)CSCCN. The number of rotatable bonds is 9. The molecule has 0 aromatic heterocycles. The van der Waals surface area contributed by atoms with Crippen molar-refractivity contribution in [2.75, 3.05) is 23.8 Å². The van der Waals surface area contributed by atoms with Crippen LogP contribution in [0.1, 0.15) is 33.1 Å². The van der Waals surface area contributed by atoms with Crippen molar-refractivity contribution >= 4 is 21.9 Å². The average Bonchev–Trinajstić information content (AvgIpc) is 2.11. The lowest BCUT2D eigenvalue weighted by atomic mass is 9.90. The molecule has 98 valence electrons. The molecule has 0 rings (SSSR count). The van der Waals surface area contributed by atoms with Crippen LogP contribution in [0, 0.1) is 5.41 Å². The van der Waals surface area contributed by atoms with E-state index in [1.54, 1.807) is 0 Å². The van der Waals surface area contributed by atoms with Gasteiger partial charge in [-0.05, 0) is 24.0 Å². The number of hydrogen-bond donors (Lipinski definition) is 2. The minimum atomic E-state index is -3.78. The Morgan fingerprint density at radius 2 is 1.94 bits per heavy atom. The molecule has 3 N–H and O–H groups in total. The molecule has 0 amide bonds. The normalized spacial score (nSPS) is 13.0. The number of unbranched alkanes of at least 4 members (excludes halogenated alkanes) is 1. The van der Waals surface area contributed by atoms with Gasteiger partial charge in [-0.1, -0.05) is 20.3 Å². The van der Waals surface area contributed by atoms with Gasteiger partial charge >= 0.3 is 0 Å². The minimum Gasteiger partial charge on any atom is -0.330 e. The Balaban J connectivity index is 3.65. The molecule has 6 heteroatoms. The zero-order valence-electron chi connectivity index (χ0n) is 10.1. The third-order valence-electron chi connectivity index (χ3n) is 2.26. The fourth-order valence-corrected chi connectivity index (χ4v) is 2.97. The Labute approximate surface area is 103 Å². The van der Waals surface area contributed by atoms with Gasteiger partial charge in [-0.15, -0.1) is 0 Å². The molecular weight excluding hydrogens is 246 g/mol. The molecule has 0 aliphatic rings. The van der Waals surface area contributed by atoms with Gasteiger partial charge in [0.05, 0.1) is 5.75 Å². The van der Waals surface area contributed by atoms with Crippen molar-refractivity contribution in [3.05, 3.63) is 0 Å². The van der Waals surface area contributed by atoms with Crippen LogP contribution in [0.15, 0.2) is 0 Å².